The molecule has 1 amide bonds. The van der Waals surface area contributed by atoms with E-state index in [1.165, 1.54) is 0 Å². The molecule has 0 aromatic carbocycles. The Labute approximate surface area is 93.2 Å². The number of hydrogen-bond acceptors (Lipinski definition) is 3. The minimum atomic E-state index is 0.0492. The third-order valence-corrected chi connectivity index (χ3v) is 2.38. The highest BCUT2D eigenvalue weighted by Crippen LogP contribution is 2.07. The average Bonchev–Trinajstić information content (AvgIpc) is 2.11. The van der Waals surface area contributed by atoms with Crippen molar-refractivity contribution >= 4 is 5.91 Å². The first-order valence-electron chi connectivity index (χ1n) is 5.60. The molecule has 4 nitrogen and oxygen atoms in total. The van der Waals surface area contributed by atoms with Crippen molar-refractivity contribution in [3.8, 4) is 0 Å². The lowest BCUT2D eigenvalue weighted by Crippen LogP contribution is -2.41. The predicted molar refractivity (Wildman–Crippen MR) is 63.6 cm³/mol. The van der Waals surface area contributed by atoms with Gasteiger partial charge in [0.2, 0.25) is 5.91 Å². The number of hydrogen-bond donors (Lipinski definition) is 2. The van der Waals surface area contributed by atoms with Crippen LogP contribution in [-0.4, -0.2) is 44.0 Å². The summed E-state index contributed by atoms with van der Waals surface area (Å²) in [6, 6.07) is 0.409. The number of nitrogens with two attached hydrogens (primary N) is 1. The zero-order valence-electron chi connectivity index (χ0n) is 10.4. The van der Waals surface area contributed by atoms with Gasteiger partial charge in [0.05, 0.1) is 0 Å². The maximum absolute atomic E-state index is 11.2. The molecule has 4 heteroatoms. The van der Waals surface area contributed by atoms with Gasteiger partial charge in [-0.05, 0) is 26.4 Å². The van der Waals surface area contributed by atoms with Gasteiger partial charge in [-0.2, -0.15) is 0 Å². The SMILES string of the molecule is CC(C)CC(CNC(=O)CCN)N(C)C. The van der Waals surface area contributed by atoms with E-state index < -0.39 is 0 Å². The van der Waals surface area contributed by atoms with E-state index in [0.29, 0.717) is 31.5 Å². The monoisotopic (exact) mass is 215 g/mol. The third-order valence-electron chi connectivity index (χ3n) is 2.38. The van der Waals surface area contributed by atoms with Crippen molar-refractivity contribution in [3.05, 3.63) is 0 Å². The first-order valence-corrected chi connectivity index (χ1v) is 5.60. The van der Waals surface area contributed by atoms with E-state index in [-0.39, 0.29) is 5.91 Å². The van der Waals surface area contributed by atoms with Gasteiger partial charge in [0.25, 0.3) is 0 Å². The van der Waals surface area contributed by atoms with E-state index in [2.05, 4.69) is 24.1 Å². The van der Waals surface area contributed by atoms with Crippen molar-refractivity contribution in [2.75, 3.05) is 27.2 Å². The van der Waals surface area contributed by atoms with Gasteiger partial charge in [-0.15, -0.1) is 0 Å². The number of carbonyl (C=O) groups is 1. The molecule has 3 N–H and O–H groups in total. The van der Waals surface area contributed by atoms with E-state index in [9.17, 15) is 4.79 Å². The van der Waals surface area contributed by atoms with Crippen molar-refractivity contribution in [3.63, 3.8) is 0 Å². The average molecular weight is 215 g/mol. The number of nitrogens with one attached hydrogen (secondary N) is 1. The summed E-state index contributed by atoms with van der Waals surface area (Å²) in [5.74, 6) is 0.692. The van der Waals surface area contributed by atoms with Gasteiger partial charge < -0.3 is 16.0 Å². The molecular weight excluding hydrogens is 190 g/mol. The molecular formula is C11H25N3O. The quantitative estimate of drug-likeness (QED) is 0.647. The lowest BCUT2D eigenvalue weighted by atomic mass is 10.0. The molecule has 0 aromatic heterocycles. The standard InChI is InChI=1S/C11H25N3O/c1-9(2)7-10(14(3)4)8-13-11(15)5-6-12/h9-10H,5-8,12H2,1-4H3,(H,13,15). The van der Waals surface area contributed by atoms with Crippen LogP contribution in [-0.2, 0) is 4.79 Å². The van der Waals surface area contributed by atoms with Gasteiger partial charge in [0.1, 0.15) is 0 Å². The number of nitrogens with zero attached hydrogens (tertiary/aromatic N) is 1. The normalized spacial score (nSPS) is 13.3. The zero-order chi connectivity index (χ0) is 11.8. The Balaban J connectivity index is 3.90. The molecule has 0 saturated carbocycles. The van der Waals surface area contributed by atoms with Crippen molar-refractivity contribution in [2.24, 2.45) is 11.7 Å². The highest BCUT2D eigenvalue weighted by atomic mass is 16.1. The lowest BCUT2D eigenvalue weighted by Gasteiger charge is -2.26. The van der Waals surface area contributed by atoms with Crippen LogP contribution >= 0.6 is 0 Å². The summed E-state index contributed by atoms with van der Waals surface area (Å²) in [5.41, 5.74) is 5.31. The molecule has 0 fully saturated rings. The van der Waals surface area contributed by atoms with E-state index in [0.717, 1.165) is 6.42 Å². The van der Waals surface area contributed by atoms with Gasteiger partial charge in [0, 0.05) is 25.6 Å². The molecule has 0 saturated heterocycles. The van der Waals surface area contributed by atoms with E-state index >= 15 is 0 Å². The minimum absolute atomic E-state index is 0.0492. The van der Waals surface area contributed by atoms with Crippen LogP contribution in [0.15, 0.2) is 0 Å². The summed E-state index contributed by atoms with van der Waals surface area (Å²) < 4.78 is 0. The van der Waals surface area contributed by atoms with Crippen molar-refractivity contribution in [2.45, 2.75) is 32.7 Å². The first-order chi connectivity index (χ1) is 6.97. The topological polar surface area (TPSA) is 58.4 Å². The van der Waals surface area contributed by atoms with Crippen molar-refractivity contribution in [1.29, 1.82) is 0 Å². The molecule has 90 valence electrons. The Kier molecular flexibility index (Phi) is 7.34. The van der Waals surface area contributed by atoms with Crippen LogP contribution < -0.4 is 11.1 Å². The molecule has 0 aliphatic carbocycles. The molecule has 0 aliphatic rings. The van der Waals surface area contributed by atoms with Crippen LogP contribution in [0.5, 0.6) is 0 Å². The highest BCUT2D eigenvalue weighted by Gasteiger charge is 2.13. The maximum Gasteiger partial charge on any atom is 0.221 e. The fourth-order valence-corrected chi connectivity index (χ4v) is 1.47. The second kappa shape index (κ2) is 7.65. The smallest absolute Gasteiger partial charge is 0.221 e. The predicted octanol–water partition coefficient (Wildman–Crippen LogP) is 0.428. The van der Waals surface area contributed by atoms with Gasteiger partial charge >= 0.3 is 0 Å². The fourth-order valence-electron chi connectivity index (χ4n) is 1.47. The minimum Gasteiger partial charge on any atom is -0.354 e. The summed E-state index contributed by atoms with van der Waals surface area (Å²) in [6.07, 6.45) is 1.51. The molecule has 1 unspecified atom stereocenters. The molecule has 0 bridgehead atoms. The Bertz CT molecular complexity index is 181. The van der Waals surface area contributed by atoms with Crippen LogP contribution in [0, 0.1) is 5.92 Å². The molecule has 0 heterocycles. The molecule has 1 atom stereocenters. The Morgan fingerprint density at radius 3 is 2.40 bits per heavy atom. The van der Waals surface area contributed by atoms with E-state index in [1.807, 2.05) is 14.1 Å². The highest BCUT2D eigenvalue weighted by molar-refractivity contribution is 5.76. The molecule has 0 radical (unpaired) electrons. The molecule has 0 spiro atoms. The van der Waals surface area contributed by atoms with E-state index in [1.54, 1.807) is 0 Å². The fraction of sp³-hybridized carbons (Fsp3) is 0.909. The van der Waals surface area contributed by atoms with Gasteiger partial charge in [-0.25, -0.2) is 0 Å². The van der Waals surface area contributed by atoms with Crippen LogP contribution in [0.25, 0.3) is 0 Å². The largest absolute Gasteiger partial charge is 0.354 e. The summed E-state index contributed by atoms with van der Waals surface area (Å²) in [6.45, 7) is 5.52. The number of likely N-dealkylation sites (N-methyl/N-ethyl adjacent to an activating group) is 1. The second-order valence-corrected chi connectivity index (χ2v) is 4.59. The summed E-state index contributed by atoms with van der Waals surface area (Å²) in [4.78, 5) is 13.4. The summed E-state index contributed by atoms with van der Waals surface area (Å²) >= 11 is 0. The Morgan fingerprint density at radius 1 is 1.40 bits per heavy atom. The Morgan fingerprint density at radius 2 is 2.00 bits per heavy atom. The van der Waals surface area contributed by atoms with Gasteiger partial charge in [0.15, 0.2) is 0 Å². The van der Waals surface area contributed by atoms with Crippen molar-refractivity contribution < 1.29 is 4.79 Å². The van der Waals surface area contributed by atoms with Gasteiger partial charge in [-0.1, -0.05) is 13.8 Å². The third kappa shape index (κ3) is 7.33. The Hall–Kier alpha value is -0.610. The molecule has 0 aromatic rings. The van der Waals surface area contributed by atoms with Gasteiger partial charge in [-0.3, -0.25) is 4.79 Å². The maximum atomic E-state index is 11.2. The lowest BCUT2D eigenvalue weighted by molar-refractivity contribution is -0.121. The van der Waals surface area contributed by atoms with Crippen LogP contribution in [0.1, 0.15) is 26.7 Å². The number of amides is 1. The van der Waals surface area contributed by atoms with Crippen LogP contribution in [0.4, 0.5) is 0 Å². The number of carbonyl (C=O) groups excluding carboxylic acids is 1. The molecule has 0 rings (SSSR count). The van der Waals surface area contributed by atoms with Crippen LogP contribution in [0.2, 0.25) is 0 Å². The summed E-state index contributed by atoms with van der Waals surface area (Å²) in [5, 5.41) is 2.91. The first kappa shape index (κ1) is 14.4. The molecule has 0 aliphatic heterocycles. The van der Waals surface area contributed by atoms with Crippen molar-refractivity contribution in [1.82, 2.24) is 10.2 Å². The molecule has 15 heavy (non-hydrogen) atoms. The zero-order valence-corrected chi connectivity index (χ0v) is 10.4. The number of rotatable bonds is 7. The van der Waals surface area contributed by atoms with E-state index in [4.69, 9.17) is 5.73 Å². The summed E-state index contributed by atoms with van der Waals surface area (Å²) in [7, 11) is 4.09. The van der Waals surface area contributed by atoms with Crippen LogP contribution in [0.3, 0.4) is 0 Å². The second-order valence-electron chi connectivity index (χ2n) is 4.59.